The molecule has 0 amide bonds. The number of ether oxygens (including phenoxy) is 2. The number of nitrogens with zero attached hydrogens (tertiary/aromatic N) is 2. The number of fused-ring (bicyclic) bond motifs is 1. The zero-order valence-corrected chi connectivity index (χ0v) is 20.1. The summed E-state index contributed by atoms with van der Waals surface area (Å²) >= 11 is 6.43. The predicted octanol–water partition coefficient (Wildman–Crippen LogP) is 6.98. The minimum atomic E-state index is -4.79. The number of pyridine rings is 1. The summed E-state index contributed by atoms with van der Waals surface area (Å²) in [6.07, 6.45) is 3.23. The molecule has 0 saturated carbocycles. The number of nitrogens with one attached hydrogen (secondary N) is 1. The van der Waals surface area contributed by atoms with Crippen molar-refractivity contribution in [3.05, 3.63) is 65.0 Å². The molecule has 0 unspecified atom stereocenters. The Bertz CT molecular complexity index is 1080. The van der Waals surface area contributed by atoms with E-state index in [0.29, 0.717) is 34.4 Å². The van der Waals surface area contributed by atoms with E-state index < -0.39 is 12.1 Å². The molecule has 0 bridgehead atoms. The van der Waals surface area contributed by atoms with Gasteiger partial charge < -0.3 is 14.8 Å². The normalized spacial score (nSPS) is 15.6. The Morgan fingerprint density at radius 1 is 1.24 bits per heavy atom. The smallest absolute Gasteiger partial charge is 0.492 e. The van der Waals surface area contributed by atoms with Gasteiger partial charge in [0, 0.05) is 17.6 Å². The van der Waals surface area contributed by atoms with Gasteiger partial charge in [-0.2, -0.15) is 0 Å². The average molecular weight is 496 g/mol. The Labute approximate surface area is 202 Å². The lowest BCUT2D eigenvalue weighted by atomic mass is 10.1. The Hall–Kier alpha value is -2.71. The molecule has 2 heterocycles. The first-order chi connectivity index (χ1) is 16.2. The molecule has 1 aliphatic rings. The predicted molar refractivity (Wildman–Crippen MR) is 130 cm³/mol. The van der Waals surface area contributed by atoms with Gasteiger partial charge in [-0.25, -0.2) is 4.98 Å². The number of allylic oxidation sites excluding steroid dienone is 3. The van der Waals surface area contributed by atoms with Crippen LogP contribution in [0.2, 0.25) is 5.02 Å². The van der Waals surface area contributed by atoms with Crippen LogP contribution in [0.15, 0.2) is 54.5 Å². The summed E-state index contributed by atoms with van der Waals surface area (Å²) in [4.78, 5) is 7.08. The van der Waals surface area contributed by atoms with Crippen LogP contribution < -0.4 is 10.1 Å². The summed E-state index contributed by atoms with van der Waals surface area (Å²) in [6.45, 7) is 10.6. The number of rotatable bonds is 9. The van der Waals surface area contributed by atoms with Crippen LogP contribution in [-0.2, 0) is 4.74 Å². The van der Waals surface area contributed by atoms with Crippen molar-refractivity contribution < 1.29 is 22.6 Å². The van der Waals surface area contributed by atoms with Gasteiger partial charge in [-0.05, 0) is 75.7 Å². The number of hydrogen-bond acceptors (Lipinski definition) is 5. The second-order valence-corrected chi connectivity index (χ2v) is 8.47. The van der Waals surface area contributed by atoms with Gasteiger partial charge >= 0.3 is 6.36 Å². The van der Waals surface area contributed by atoms with Crippen LogP contribution in [0.25, 0.3) is 10.9 Å². The summed E-state index contributed by atoms with van der Waals surface area (Å²) in [5.74, 6) is 0.719. The maximum atomic E-state index is 12.3. The topological polar surface area (TPSA) is 46.6 Å². The first-order valence-electron chi connectivity index (χ1n) is 11.2. The fraction of sp³-hybridized carbons (Fsp3) is 0.400. The van der Waals surface area contributed by atoms with Crippen LogP contribution in [0.3, 0.4) is 0 Å². The van der Waals surface area contributed by atoms with E-state index in [1.165, 1.54) is 25.3 Å². The van der Waals surface area contributed by atoms with Crippen LogP contribution in [0.4, 0.5) is 19.0 Å². The summed E-state index contributed by atoms with van der Waals surface area (Å²) in [5.41, 5.74) is 1.93. The quantitative estimate of drug-likeness (QED) is 0.300. The molecule has 1 N–H and O–H groups in total. The molecular formula is C25H29ClF3N3O2. The highest BCUT2D eigenvalue weighted by atomic mass is 35.5. The van der Waals surface area contributed by atoms with E-state index >= 15 is 0 Å². The molecule has 2 aromatic rings. The number of anilines is 1. The summed E-state index contributed by atoms with van der Waals surface area (Å²) in [6, 6.07) is 5.54. The number of likely N-dealkylation sites (tertiary alicyclic amines) is 1. The molecule has 1 aromatic heterocycles. The first-order valence-corrected chi connectivity index (χ1v) is 11.5. The fourth-order valence-electron chi connectivity index (χ4n) is 3.73. The van der Waals surface area contributed by atoms with Gasteiger partial charge in [0.05, 0.1) is 10.5 Å². The maximum Gasteiger partial charge on any atom is 0.573 e. The first kappa shape index (κ1) is 25.9. The number of hydrogen-bond donors (Lipinski definition) is 1. The number of aryl methyl sites for hydroxylation is 1. The Morgan fingerprint density at radius 2 is 1.97 bits per heavy atom. The summed E-state index contributed by atoms with van der Waals surface area (Å²) in [5, 5.41) is 4.40. The molecule has 1 saturated heterocycles. The number of benzene rings is 1. The Balaban J connectivity index is 1.74. The molecule has 0 radical (unpaired) electrons. The minimum Gasteiger partial charge on any atom is -0.492 e. The van der Waals surface area contributed by atoms with Gasteiger partial charge in [-0.15, -0.1) is 13.2 Å². The van der Waals surface area contributed by atoms with E-state index in [4.69, 9.17) is 16.3 Å². The molecule has 34 heavy (non-hydrogen) atoms. The zero-order valence-electron chi connectivity index (χ0n) is 19.3. The molecular weight excluding hydrogens is 467 g/mol. The van der Waals surface area contributed by atoms with Crippen molar-refractivity contribution in [1.82, 2.24) is 9.88 Å². The van der Waals surface area contributed by atoms with Crippen molar-refractivity contribution in [3.63, 3.8) is 0 Å². The van der Waals surface area contributed by atoms with E-state index in [1.807, 2.05) is 19.1 Å². The third kappa shape index (κ3) is 7.40. The summed E-state index contributed by atoms with van der Waals surface area (Å²) in [7, 11) is 0. The van der Waals surface area contributed by atoms with Gasteiger partial charge in [0.2, 0.25) is 0 Å². The van der Waals surface area contributed by atoms with Gasteiger partial charge in [0.25, 0.3) is 0 Å². The molecule has 0 aliphatic carbocycles. The van der Waals surface area contributed by atoms with Gasteiger partial charge in [0.1, 0.15) is 23.9 Å². The molecule has 184 valence electrons. The van der Waals surface area contributed by atoms with E-state index in [2.05, 4.69) is 26.5 Å². The van der Waals surface area contributed by atoms with Crippen LogP contribution in [0, 0.1) is 6.92 Å². The number of aromatic nitrogens is 1. The second kappa shape index (κ2) is 11.6. The molecule has 1 aromatic carbocycles. The zero-order chi connectivity index (χ0) is 24.7. The van der Waals surface area contributed by atoms with E-state index in [-0.39, 0.29) is 0 Å². The number of alkyl halides is 3. The fourth-order valence-corrected chi connectivity index (χ4v) is 3.94. The third-order valence-corrected chi connectivity index (χ3v) is 5.77. The molecule has 9 heteroatoms. The number of halogens is 4. The van der Waals surface area contributed by atoms with Crippen molar-refractivity contribution in [3.8, 4) is 5.75 Å². The standard InChI is InChI=1S/C25H29ClF3N3O2/c1-4-19(9-8-18(3)34-25(27,28)29)30-24-17(2)16-20-22(11-10-21(26)23(20)31-24)33-15-14-32-12-6-5-7-13-32/h4,8-11,16H,3,5-7,12-15H2,1-2H3,(H,30,31)/b9-8-,19-4+. The molecule has 1 aliphatic heterocycles. The van der Waals surface area contributed by atoms with Crippen molar-refractivity contribution in [1.29, 1.82) is 0 Å². The van der Waals surface area contributed by atoms with Crippen LogP contribution in [-0.4, -0.2) is 42.5 Å². The van der Waals surface area contributed by atoms with E-state index in [1.54, 1.807) is 19.1 Å². The number of piperidine rings is 1. The molecule has 0 spiro atoms. The Morgan fingerprint density at radius 3 is 2.65 bits per heavy atom. The van der Waals surface area contributed by atoms with E-state index in [9.17, 15) is 13.2 Å². The van der Waals surface area contributed by atoms with Crippen LogP contribution in [0.1, 0.15) is 31.7 Å². The van der Waals surface area contributed by atoms with Gasteiger partial charge in [0.15, 0.2) is 0 Å². The maximum absolute atomic E-state index is 12.3. The lowest BCUT2D eigenvalue weighted by molar-refractivity contribution is -0.303. The van der Waals surface area contributed by atoms with Crippen LogP contribution >= 0.6 is 11.6 Å². The van der Waals surface area contributed by atoms with E-state index in [0.717, 1.165) is 36.7 Å². The van der Waals surface area contributed by atoms with Crippen LogP contribution in [0.5, 0.6) is 5.75 Å². The second-order valence-electron chi connectivity index (χ2n) is 8.06. The third-order valence-electron chi connectivity index (χ3n) is 5.47. The summed E-state index contributed by atoms with van der Waals surface area (Å²) < 4.78 is 46.8. The minimum absolute atomic E-state index is 0.478. The highest BCUT2D eigenvalue weighted by Gasteiger charge is 2.30. The van der Waals surface area contributed by atoms with Crippen molar-refractivity contribution in [2.45, 2.75) is 39.5 Å². The average Bonchev–Trinajstić information content (AvgIpc) is 2.78. The van der Waals surface area contributed by atoms with Crippen molar-refractivity contribution in [2.24, 2.45) is 0 Å². The van der Waals surface area contributed by atoms with Crippen molar-refractivity contribution >= 4 is 28.3 Å². The lowest BCUT2D eigenvalue weighted by Gasteiger charge is -2.26. The highest BCUT2D eigenvalue weighted by Crippen LogP contribution is 2.33. The molecule has 5 nitrogen and oxygen atoms in total. The van der Waals surface area contributed by atoms with Gasteiger partial charge in [-0.3, -0.25) is 4.90 Å². The molecule has 3 rings (SSSR count). The van der Waals surface area contributed by atoms with Crippen molar-refractivity contribution in [2.75, 3.05) is 31.6 Å². The molecule has 0 atom stereocenters. The largest absolute Gasteiger partial charge is 0.573 e. The van der Waals surface area contributed by atoms with Gasteiger partial charge in [-0.1, -0.05) is 30.7 Å². The Kier molecular flexibility index (Phi) is 8.85. The molecule has 1 fully saturated rings. The SMILES string of the molecule is C=C(/C=C\C(=C/C)Nc1nc2c(Cl)ccc(OCCN3CCCCC3)c2cc1C)OC(F)(F)F. The lowest BCUT2D eigenvalue weighted by Crippen LogP contribution is -2.33. The highest BCUT2D eigenvalue weighted by molar-refractivity contribution is 6.35. The monoisotopic (exact) mass is 495 g/mol.